The highest BCUT2D eigenvalue weighted by Crippen LogP contribution is 2.40. The maximum atomic E-state index is 13.9. The Balaban J connectivity index is 1.73. The Hall–Kier alpha value is -3.38. The molecule has 0 spiro atoms. The monoisotopic (exact) mass is 462 g/mol. The molecule has 2 atom stereocenters. The molecule has 1 aliphatic rings. The molecule has 1 N–H and O–H groups in total. The largest absolute Gasteiger partial charge is 0.493 e. The van der Waals surface area contributed by atoms with Crippen LogP contribution in [0.25, 0.3) is 0 Å². The van der Waals surface area contributed by atoms with Crippen molar-refractivity contribution in [2.75, 3.05) is 20.8 Å². The van der Waals surface area contributed by atoms with Crippen LogP contribution in [-0.2, 0) is 13.0 Å². The smallest absolute Gasteiger partial charge is 0.251 e. The van der Waals surface area contributed by atoms with Gasteiger partial charge >= 0.3 is 0 Å². The van der Waals surface area contributed by atoms with E-state index in [1.165, 1.54) is 11.6 Å². The first kappa shape index (κ1) is 23.8. The normalized spacial score (nSPS) is 16.4. The van der Waals surface area contributed by atoms with E-state index < -0.39 is 0 Å². The number of fused-ring (bicyclic) bond motifs is 1. The second-order valence-corrected chi connectivity index (χ2v) is 8.56. The number of carbonyl (C=O) groups is 1. The highest BCUT2D eigenvalue weighted by atomic mass is 19.1. The molecule has 1 heterocycles. The van der Waals surface area contributed by atoms with Crippen molar-refractivity contribution in [3.63, 3.8) is 0 Å². The third kappa shape index (κ3) is 5.07. The lowest BCUT2D eigenvalue weighted by molar-refractivity contribution is 0.0859. The highest BCUT2D eigenvalue weighted by Gasteiger charge is 2.35. The van der Waals surface area contributed by atoms with Gasteiger partial charge in [0.2, 0.25) is 0 Å². The van der Waals surface area contributed by atoms with Crippen molar-refractivity contribution in [3.05, 3.63) is 94.8 Å². The van der Waals surface area contributed by atoms with Gasteiger partial charge in [0.15, 0.2) is 11.5 Å². The van der Waals surface area contributed by atoms with Gasteiger partial charge in [0.25, 0.3) is 5.91 Å². The van der Waals surface area contributed by atoms with Gasteiger partial charge in [-0.15, -0.1) is 0 Å². The van der Waals surface area contributed by atoms with Crippen LogP contribution in [0.3, 0.4) is 0 Å². The molecule has 1 amide bonds. The van der Waals surface area contributed by atoms with Crippen LogP contribution in [0.1, 0.15) is 46.4 Å². The molecule has 3 aromatic carbocycles. The number of nitrogens with one attached hydrogen (secondary N) is 1. The average molecular weight is 463 g/mol. The molecule has 6 heteroatoms. The Morgan fingerprint density at radius 3 is 2.47 bits per heavy atom. The number of nitrogens with zero attached hydrogens (tertiary/aromatic N) is 1. The number of amides is 1. The zero-order chi connectivity index (χ0) is 24.1. The van der Waals surface area contributed by atoms with Gasteiger partial charge in [-0.05, 0) is 65.9 Å². The maximum Gasteiger partial charge on any atom is 0.251 e. The van der Waals surface area contributed by atoms with Gasteiger partial charge in [-0.25, -0.2) is 4.39 Å². The highest BCUT2D eigenvalue weighted by molar-refractivity contribution is 5.94. The molecule has 34 heavy (non-hydrogen) atoms. The predicted octanol–water partition coefficient (Wildman–Crippen LogP) is 5.15. The number of ether oxygens (including phenoxy) is 2. The summed E-state index contributed by atoms with van der Waals surface area (Å²) >= 11 is 0. The Labute approximate surface area is 200 Å². The Morgan fingerprint density at radius 2 is 1.79 bits per heavy atom. The first-order chi connectivity index (χ1) is 16.5. The second kappa shape index (κ2) is 10.7. The zero-order valence-electron chi connectivity index (χ0n) is 19.9. The Kier molecular flexibility index (Phi) is 7.48. The first-order valence-corrected chi connectivity index (χ1v) is 11.6. The Bertz CT molecular complexity index is 1140. The molecule has 5 nitrogen and oxygen atoms in total. The molecule has 4 rings (SSSR count). The van der Waals surface area contributed by atoms with Crippen molar-refractivity contribution in [1.82, 2.24) is 10.2 Å². The van der Waals surface area contributed by atoms with Crippen molar-refractivity contribution in [2.45, 2.75) is 38.4 Å². The summed E-state index contributed by atoms with van der Waals surface area (Å²) in [5.74, 6) is 0.996. The molecule has 2 unspecified atom stereocenters. The summed E-state index contributed by atoms with van der Waals surface area (Å²) < 4.78 is 25.1. The molecular weight excluding hydrogens is 431 g/mol. The average Bonchev–Trinajstić information content (AvgIpc) is 2.87. The van der Waals surface area contributed by atoms with E-state index in [4.69, 9.17) is 9.47 Å². The summed E-state index contributed by atoms with van der Waals surface area (Å²) in [5, 5.41) is 3.26. The van der Waals surface area contributed by atoms with E-state index in [1.54, 1.807) is 26.4 Å². The molecule has 0 aliphatic carbocycles. The van der Waals surface area contributed by atoms with E-state index in [1.807, 2.05) is 48.5 Å². The second-order valence-electron chi connectivity index (χ2n) is 8.56. The van der Waals surface area contributed by atoms with Gasteiger partial charge in [-0.1, -0.05) is 37.3 Å². The molecule has 0 fully saturated rings. The van der Waals surface area contributed by atoms with Crippen molar-refractivity contribution in [2.24, 2.45) is 0 Å². The maximum absolute atomic E-state index is 13.9. The molecule has 178 valence electrons. The fraction of sp³-hybridized carbons (Fsp3) is 0.321. The summed E-state index contributed by atoms with van der Waals surface area (Å²) in [4.78, 5) is 15.4. The fourth-order valence-electron chi connectivity index (χ4n) is 4.79. The van der Waals surface area contributed by atoms with Crippen LogP contribution >= 0.6 is 0 Å². The minimum Gasteiger partial charge on any atom is -0.493 e. The summed E-state index contributed by atoms with van der Waals surface area (Å²) in [6.45, 7) is 3.43. The molecule has 0 radical (unpaired) electrons. The predicted molar refractivity (Wildman–Crippen MR) is 131 cm³/mol. The van der Waals surface area contributed by atoms with E-state index in [-0.39, 0.29) is 23.8 Å². The van der Waals surface area contributed by atoms with Crippen LogP contribution in [0.4, 0.5) is 4.39 Å². The van der Waals surface area contributed by atoms with E-state index in [0.29, 0.717) is 23.6 Å². The van der Waals surface area contributed by atoms with E-state index >= 15 is 0 Å². The van der Waals surface area contributed by atoms with Crippen LogP contribution in [0.5, 0.6) is 11.5 Å². The molecule has 0 aromatic heterocycles. The van der Waals surface area contributed by atoms with Crippen molar-refractivity contribution in [3.8, 4) is 11.5 Å². The molecule has 1 aliphatic heterocycles. The quantitative estimate of drug-likeness (QED) is 0.503. The van der Waals surface area contributed by atoms with E-state index in [0.717, 1.165) is 30.5 Å². The van der Waals surface area contributed by atoms with Crippen molar-refractivity contribution in [1.29, 1.82) is 0 Å². The van der Waals surface area contributed by atoms with Crippen LogP contribution < -0.4 is 14.8 Å². The molecule has 0 saturated heterocycles. The fourth-order valence-corrected chi connectivity index (χ4v) is 4.79. The van der Waals surface area contributed by atoms with E-state index in [2.05, 4.69) is 17.1 Å². The third-order valence-corrected chi connectivity index (χ3v) is 6.47. The summed E-state index contributed by atoms with van der Waals surface area (Å²) in [6.07, 6.45) is 1.56. The van der Waals surface area contributed by atoms with Crippen LogP contribution in [-0.4, -0.2) is 37.6 Å². The number of carbonyl (C=O) groups excluding carboxylic acids is 1. The minimum atomic E-state index is -0.248. The minimum absolute atomic E-state index is 0.106. The van der Waals surface area contributed by atoms with Gasteiger partial charge in [0, 0.05) is 24.7 Å². The number of halogens is 1. The SMILES string of the molecule is CCC(NC(=O)c1ccccc1)C1c2cc(OC)c(OC)cc2CCN1Cc1cccc(F)c1. The van der Waals surface area contributed by atoms with E-state index in [9.17, 15) is 9.18 Å². The number of methoxy groups -OCH3 is 2. The molecular formula is C28H31FN2O3. The number of hydrogen-bond donors (Lipinski definition) is 1. The van der Waals surface area contributed by atoms with Crippen LogP contribution in [0.2, 0.25) is 0 Å². The molecule has 0 bridgehead atoms. The lowest BCUT2D eigenvalue weighted by Crippen LogP contribution is -2.48. The summed E-state index contributed by atoms with van der Waals surface area (Å²) in [5.41, 5.74) is 3.80. The standard InChI is InChI=1S/C28H31FN2O3/c1-4-24(30-28(32)20-10-6-5-7-11-20)27-23-17-26(34-3)25(33-2)16-21(23)13-14-31(27)18-19-9-8-12-22(29)15-19/h5-12,15-17,24,27H,4,13-14,18H2,1-3H3,(H,30,32). The van der Waals surface area contributed by atoms with Crippen molar-refractivity contribution >= 4 is 5.91 Å². The summed E-state index contributed by atoms with van der Waals surface area (Å²) in [7, 11) is 3.26. The van der Waals surface area contributed by atoms with Gasteiger partial charge < -0.3 is 14.8 Å². The van der Waals surface area contributed by atoms with Gasteiger partial charge in [-0.2, -0.15) is 0 Å². The number of rotatable bonds is 8. The lowest BCUT2D eigenvalue weighted by Gasteiger charge is -2.42. The summed E-state index contributed by atoms with van der Waals surface area (Å²) in [6, 6.07) is 19.7. The lowest BCUT2D eigenvalue weighted by atomic mass is 9.86. The number of hydrogen-bond acceptors (Lipinski definition) is 4. The zero-order valence-corrected chi connectivity index (χ0v) is 19.9. The van der Waals surface area contributed by atoms with Crippen LogP contribution in [0, 0.1) is 5.82 Å². The van der Waals surface area contributed by atoms with Gasteiger partial charge in [0.05, 0.1) is 20.3 Å². The number of benzene rings is 3. The Morgan fingerprint density at radius 1 is 1.06 bits per heavy atom. The first-order valence-electron chi connectivity index (χ1n) is 11.6. The third-order valence-electron chi connectivity index (χ3n) is 6.47. The van der Waals surface area contributed by atoms with Gasteiger partial charge in [0.1, 0.15) is 5.82 Å². The van der Waals surface area contributed by atoms with Gasteiger partial charge in [-0.3, -0.25) is 9.69 Å². The van der Waals surface area contributed by atoms with Crippen molar-refractivity contribution < 1.29 is 18.7 Å². The van der Waals surface area contributed by atoms with Crippen LogP contribution in [0.15, 0.2) is 66.7 Å². The molecule has 3 aromatic rings. The molecule has 0 saturated carbocycles. The topological polar surface area (TPSA) is 50.8 Å².